The van der Waals surface area contributed by atoms with Crippen molar-refractivity contribution in [3.8, 4) is 11.4 Å². The van der Waals surface area contributed by atoms with Crippen LogP contribution in [0.4, 0.5) is 5.82 Å². The number of rotatable bonds is 4. The molecule has 19 heavy (non-hydrogen) atoms. The Labute approximate surface area is 125 Å². The molecule has 2 aromatic rings. The minimum absolute atomic E-state index is 0.571. The summed E-state index contributed by atoms with van der Waals surface area (Å²) >= 11 is 2.24. The molecule has 5 nitrogen and oxygen atoms in total. The molecule has 1 fully saturated rings. The Morgan fingerprint density at radius 3 is 2.89 bits per heavy atom. The van der Waals surface area contributed by atoms with Crippen molar-refractivity contribution < 1.29 is 0 Å². The van der Waals surface area contributed by atoms with Crippen molar-refractivity contribution in [1.29, 1.82) is 0 Å². The SMILES string of the molecule is CCCn1cc(-c2nc(N)c(I)c(C3CC3)n2)cn1. The summed E-state index contributed by atoms with van der Waals surface area (Å²) in [7, 11) is 0. The van der Waals surface area contributed by atoms with E-state index in [0.717, 1.165) is 27.8 Å². The van der Waals surface area contributed by atoms with Crippen LogP contribution in [-0.2, 0) is 6.54 Å². The van der Waals surface area contributed by atoms with Gasteiger partial charge in [0.15, 0.2) is 5.82 Å². The van der Waals surface area contributed by atoms with E-state index in [9.17, 15) is 0 Å². The normalized spacial score (nSPS) is 14.8. The number of aryl methyl sites for hydroxylation is 1. The molecule has 0 atom stereocenters. The third-order valence-electron chi connectivity index (χ3n) is 3.21. The summed E-state index contributed by atoms with van der Waals surface area (Å²) in [6.45, 7) is 3.04. The van der Waals surface area contributed by atoms with Gasteiger partial charge in [0.05, 0.1) is 21.0 Å². The third-order valence-corrected chi connectivity index (χ3v) is 4.32. The summed E-state index contributed by atoms with van der Waals surface area (Å²) in [5.41, 5.74) is 8.05. The van der Waals surface area contributed by atoms with Gasteiger partial charge in [-0.25, -0.2) is 9.97 Å². The summed E-state index contributed by atoms with van der Waals surface area (Å²) in [6.07, 6.45) is 7.28. The minimum Gasteiger partial charge on any atom is -0.383 e. The molecule has 0 saturated heterocycles. The van der Waals surface area contributed by atoms with Crippen LogP contribution in [0, 0.1) is 3.57 Å². The van der Waals surface area contributed by atoms with E-state index in [1.807, 2.05) is 17.1 Å². The Morgan fingerprint density at radius 1 is 1.42 bits per heavy atom. The van der Waals surface area contributed by atoms with Crippen molar-refractivity contribution in [1.82, 2.24) is 19.7 Å². The van der Waals surface area contributed by atoms with Crippen molar-refractivity contribution in [3.63, 3.8) is 0 Å². The molecule has 3 rings (SSSR count). The predicted octanol–water partition coefficient (Wildman–Crippen LogP) is 2.81. The van der Waals surface area contributed by atoms with Gasteiger partial charge in [-0.05, 0) is 41.9 Å². The molecule has 0 unspecified atom stereocenters. The number of nitrogens with zero attached hydrogens (tertiary/aromatic N) is 4. The lowest BCUT2D eigenvalue weighted by Crippen LogP contribution is -2.04. The number of hydrogen-bond acceptors (Lipinski definition) is 4. The van der Waals surface area contributed by atoms with E-state index in [4.69, 9.17) is 5.73 Å². The molecule has 0 spiro atoms. The van der Waals surface area contributed by atoms with Crippen LogP contribution < -0.4 is 5.73 Å². The van der Waals surface area contributed by atoms with Gasteiger partial charge in [-0.15, -0.1) is 0 Å². The van der Waals surface area contributed by atoms with Crippen molar-refractivity contribution in [3.05, 3.63) is 21.7 Å². The Bertz CT molecular complexity index is 603. The van der Waals surface area contributed by atoms with Gasteiger partial charge in [0.25, 0.3) is 0 Å². The van der Waals surface area contributed by atoms with Crippen LogP contribution in [0.5, 0.6) is 0 Å². The van der Waals surface area contributed by atoms with E-state index in [-0.39, 0.29) is 0 Å². The Hall–Kier alpha value is -1.18. The Morgan fingerprint density at radius 2 is 2.21 bits per heavy atom. The maximum Gasteiger partial charge on any atom is 0.165 e. The zero-order valence-corrected chi connectivity index (χ0v) is 13.0. The molecule has 1 saturated carbocycles. The van der Waals surface area contributed by atoms with Crippen molar-refractivity contribution >= 4 is 28.4 Å². The third kappa shape index (κ3) is 2.58. The van der Waals surface area contributed by atoms with Gasteiger partial charge in [0.2, 0.25) is 0 Å². The van der Waals surface area contributed by atoms with Gasteiger partial charge in [-0.2, -0.15) is 5.10 Å². The maximum atomic E-state index is 6.00. The van der Waals surface area contributed by atoms with Crippen LogP contribution in [0.15, 0.2) is 12.4 Å². The van der Waals surface area contributed by atoms with Crippen LogP contribution in [0.3, 0.4) is 0 Å². The highest BCUT2D eigenvalue weighted by Crippen LogP contribution is 2.42. The summed E-state index contributed by atoms with van der Waals surface area (Å²) < 4.78 is 2.92. The monoisotopic (exact) mass is 369 g/mol. The zero-order chi connectivity index (χ0) is 13.4. The van der Waals surface area contributed by atoms with E-state index in [1.165, 1.54) is 12.8 Å². The molecule has 0 amide bonds. The molecule has 0 aliphatic heterocycles. The molecular weight excluding hydrogens is 353 g/mol. The summed E-state index contributed by atoms with van der Waals surface area (Å²) in [5, 5.41) is 4.32. The number of aromatic nitrogens is 4. The molecule has 0 radical (unpaired) electrons. The highest BCUT2D eigenvalue weighted by Gasteiger charge is 2.29. The minimum atomic E-state index is 0.571. The van der Waals surface area contributed by atoms with Gasteiger partial charge in [-0.3, -0.25) is 4.68 Å². The van der Waals surface area contributed by atoms with E-state index >= 15 is 0 Å². The molecule has 0 bridgehead atoms. The predicted molar refractivity (Wildman–Crippen MR) is 82.6 cm³/mol. The van der Waals surface area contributed by atoms with E-state index in [1.54, 1.807) is 0 Å². The second-order valence-electron chi connectivity index (χ2n) is 4.90. The molecular formula is C13H16IN5. The van der Waals surface area contributed by atoms with Crippen molar-refractivity contribution in [2.75, 3.05) is 5.73 Å². The largest absolute Gasteiger partial charge is 0.383 e. The van der Waals surface area contributed by atoms with Crippen molar-refractivity contribution in [2.45, 2.75) is 38.6 Å². The number of nitrogens with two attached hydrogens (primary N) is 1. The molecule has 2 heterocycles. The quantitative estimate of drug-likeness (QED) is 0.842. The molecule has 100 valence electrons. The summed E-state index contributed by atoms with van der Waals surface area (Å²) in [5.74, 6) is 1.85. The smallest absolute Gasteiger partial charge is 0.165 e. The van der Waals surface area contributed by atoms with Gasteiger partial charge in [0, 0.05) is 18.7 Å². The average Bonchev–Trinajstić information content (AvgIpc) is 3.13. The second kappa shape index (κ2) is 5.07. The zero-order valence-electron chi connectivity index (χ0n) is 10.8. The van der Waals surface area contributed by atoms with Crippen LogP contribution in [0.1, 0.15) is 37.8 Å². The Balaban J connectivity index is 1.99. The molecule has 2 N–H and O–H groups in total. The maximum absolute atomic E-state index is 6.00. The first kappa shape index (κ1) is 12.8. The molecule has 1 aliphatic carbocycles. The van der Waals surface area contributed by atoms with Crippen molar-refractivity contribution in [2.24, 2.45) is 0 Å². The molecule has 1 aliphatic rings. The first-order valence-corrected chi connectivity index (χ1v) is 7.62. The topological polar surface area (TPSA) is 69.6 Å². The van der Waals surface area contributed by atoms with Gasteiger partial charge in [0.1, 0.15) is 5.82 Å². The highest BCUT2D eigenvalue weighted by molar-refractivity contribution is 14.1. The molecule has 2 aromatic heterocycles. The average molecular weight is 369 g/mol. The van der Waals surface area contributed by atoms with Gasteiger partial charge >= 0.3 is 0 Å². The first-order valence-electron chi connectivity index (χ1n) is 6.54. The lowest BCUT2D eigenvalue weighted by Gasteiger charge is -2.06. The lowest BCUT2D eigenvalue weighted by molar-refractivity contribution is 0.603. The fourth-order valence-corrected chi connectivity index (χ4v) is 2.75. The number of nitrogen functional groups attached to an aromatic ring is 1. The fraction of sp³-hybridized carbons (Fsp3) is 0.462. The first-order chi connectivity index (χ1) is 9.19. The molecule has 6 heteroatoms. The number of anilines is 1. The van der Waals surface area contributed by atoms with Crippen LogP contribution >= 0.6 is 22.6 Å². The van der Waals surface area contributed by atoms with E-state index < -0.39 is 0 Å². The summed E-state index contributed by atoms with van der Waals surface area (Å²) in [4.78, 5) is 9.08. The summed E-state index contributed by atoms with van der Waals surface area (Å²) in [6, 6.07) is 0. The standard InChI is InChI=1S/C13H16IN5/c1-2-5-19-7-9(6-16-19)13-17-11(8-3-4-8)10(14)12(15)18-13/h6-8H,2-5H2,1H3,(H2,15,17,18). The molecule has 0 aromatic carbocycles. The van der Waals surface area contributed by atoms with Gasteiger partial charge in [-0.1, -0.05) is 6.92 Å². The number of hydrogen-bond donors (Lipinski definition) is 1. The van der Waals surface area contributed by atoms with E-state index in [0.29, 0.717) is 17.6 Å². The fourth-order valence-electron chi connectivity index (χ4n) is 2.07. The number of halogens is 1. The second-order valence-corrected chi connectivity index (χ2v) is 5.98. The lowest BCUT2D eigenvalue weighted by atomic mass is 10.2. The highest BCUT2D eigenvalue weighted by atomic mass is 127. The van der Waals surface area contributed by atoms with Crippen LogP contribution in [0.25, 0.3) is 11.4 Å². The van der Waals surface area contributed by atoms with Crippen LogP contribution in [-0.4, -0.2) is 19.7 Å². The van der Waals surface area contributed by atoms with Crippen LogP contribution in [0.2, 0.25) is 0 Å². The Kier molecular flexibility index (Phi) is 3.42. The van der Waals surface area contributed by atoms with E-state index in [2.05, 4.69) is 44.6 Å². The van der Waals surface area contributed by atoms with Gasteiger partial charge < -0.3 is 5.73 Å².